The number of hydrogen-bond acceptors (Lipinski definition) is 4. The molecule has 182 valence electrons. The van der Waals surface area contributed by atoms with Crippen LogP contribution in [0.25, 0.3) is 0 Å². The summed E-state index contributed by atoms with van der Waals surface area (Å²) in [6.07, 6.45) is 7.03. The van der Waals surface area contributed by atoms with Gasteiger partial charge in [0.1, 0.15) is 6.54 Å². The zero-order chi connectivity index (χ0) is 24.8. The summed E-state index contributed by atoms with van der Waals surface area (Å²) in [7, 11) is 0. The van der Waals surface area contributed by atoms with Crippen LogP contribution in [0.15, 0.2) is 67.3 Å². The molecule has 3 amide bonds. The monoisotopic (exact) mass is 473 g/mol. The molecular formula is C28H31N3O4. The van der Waals surface area contributed by atoms with E-state index in [0.717, 1.165) is 22.4 Å². The van der Waals surface area contributed by atoms with Crippen LogP contribution in [0.3, 0.4) is 0 Å². The molecular weight excluding hydrogens is 442 g/mol. The number of rotatable bonds is 8. The lowest BCUT2D eigenvalue weighted by atomic mass is 10.0. The number of amides is 3. The number of anilines is 1. The van der Waals surface area contributed by atoms with E-state index in [2.05, 4.69) is 6.58 Å². The molecule has 0 bridgehead atoms. The molecule has 2 aliphatic heterocycles. The van der Waals surface area contributed by atoms with Gasteiger partial charge in [-0.15, -0.1) is 6.58 Å². The number of aliphatic hydroxyl groups is 1. The topological polar surface area (TPSA) is 81.2 Å². The minimum atomic E-state index is -0.163. The fourth-order valence-electron chi connectivity index (χ4n) is 4.44. The van der Waals surface area contributed by atoms with Gasteiger partial charge >= 0.3 is 0 Å². The summed E-state index contributed by atoms with van der Waals surface area (Å²) < 4.78 is 0. The summed E-state index contributed by atoms with van der Waals surface area (Å²) in [5.41, 5.74) is 4.22. The van der Waals surface area contributed by atoms with Gasteiger partial charge in [0, 0.05) is 43.9 Å². The molecule has 2 heterocycles. The van der Waals surface area contributed by atoms with Crippen LogP contribution in [0.5, 0.6) is 0 Å². The Morgan fingerprint density at radius 2 is 1.69 bits per heavy atom. The summed E-state index contributed by atoms with van der Waals surface area (Å²) in [4.78, 5) is 43.7. The number of hydrogen-bond donors (Lipinski definition) is 1. The maximum atomic E-state index is 13.4. The quantitative estimate of drug-likeness (QED) is 0.598. The van der Waals surface area contributed by atoms with Crippen LogP contribution in [-0.2, 0) is 29.1 Å². The first-order chi connectivity index (χ1) is 17.0. The molecule has 2 aliphatic rings. The minimum absolute atomic E-state index is 0.00808. The average Bonchev–Trinajstić information content (AvgIpc) is 3.37. The van der Waals surface area contributed by atoms with E-state index in [1.54, 1.807) is 32.9 Å². The van der Waals surface area contributed by atoms with Gasteiger partial charge in [-0.05, 0) is 47.7 Å². The van der Waals surface area contributed by atoms with Gasteiger partial charge in [-0.2, -0.15) is 0 Å². The SMILES string of the molecule is C=CCC(=O)N1CC(=O)N(Cc2ccc(C(=O)N3CC=CC3)cc2)c2cc(CCCO)ccc2C1. The molecule has 35 heavy (non-hydrogen) atoms. The standard InChI is InChI=1S/C28H31N3O4/c1-2-6-26(33)30-19-24-13-8-21(7-5-16-32)17-25(24)31(27(34)20-30)18-22-9-11-23(12-10-22)28(35)29-14-3-4-15-29/h2-4,8-13,17,32H,1,5-7,14-16,18-20H2. The van der Waals surface area contributed by atoms with E-state index < -0.39 is 0 Å². The highest BCUT2D eigenvalue weighted by Crippen LogP contribution is 2.29. The van der Waals surface area contributed by atoms with E-state index in [9.17, 15) is 19.5 Å². The summed E-state index contributed by atoms with van der Waals surface area (Å²) >= 11 is 0. The lowest BCUT2D eigenvalue weighted by Crippen LogP contribution is -2.39. The Morgan fingerprint density at radius 1 is 0.971 bits per heavy atom. The maximum absolute atomic E-state index is 13.4. The van der Waals surface area contributed by atoms with Gasteiger partial charge in [-0.1, -0.05) is 42.5 Å². The van der Waals surface area contributed by atoms with Crippen molar-refractivity contribution in [3.63, 3.8) is 0 Å². The van der Waals surface area contributed by atoms with E-state index in [1.807, 2.05) is 42.5 Å². The van der Waals surface area contributed by atoms with Crippen molar-refractivity contribution in [2.75, 3.05) is 31.1 Å². The van der Waals surface area contributed by atoms with Crippen LogP contribution in [0.4, 0.5) is 5.69 Å². The first-order valence-electron chi connectivity index (χ1n) is 11.9. The zero-order valence-corrected chi connectivity index (χ0v) is 19.9. The first-order valence-corrected chi connectivity index (χ1v) is 11.9. The van der Waals surface area contributed by atoms with Crippen molar-refractivity contribution in [3.05, 3.63) is 89.5 Å². The van der Waals surface area contributed by atoms with Gasteiger partial charge in [-0.3, -0.25) is 14.4 Å². The van der Waals surface area contributed by atoms with Crippen molar-refractivity contribution in [3.8, 4) is 0 Å². The van der Waals surface area contributed by atoms with E-state index in [1.165, 1.54) is 0 Å². The van der Waals surface area contributed by atoms with Crippen molar-refractivity contribution in [2.45, 2.75) is 32.4 Å². The number of aryl methyl sites for hydroxylation is 1. The molecule has 0 spiro atoms. The molecule has 4 rings (SSSR count). The van der Waals surface area contributed by atoms with Crippen molar-refractivity contribution in [1.29, 1.82) is 0 Å². The van der Waals surface area contributed by atoms with E-state index in [-0.39, 0.29) is 37.3 Å². The Kier molecular flexibility index (Phi) is 7.77. The Hall–Kier alpha value is -3.71. The van der Waals surface area contributed by atoms with E-state index in [4.69, 9.17) is 0 Å². The molecule has 0 aromatic heterocycles. The highest BCUT2D eigenvalue weighted by molar-refractivity contribution is 5.99. The molecule has 0 unspecified atom stereocenters. The normalized spacial score (nSPS) is 15.2. The molecule has 7 nitrogen and oxygen atoms in total. The van der Waals surface area contributed by atoms with Crippen LogP contribution < -0.4 is 4.90 Å². The van der Waals surface area contributed by atoms with Crippen LogP contribution >= 0.6 is 0 Å². The van der Waals surface area contributed by atoms with Crippen molar-refractivity contribution >= 4 is 23.4 Å². The third kappa shape index (κ3) is 5.69. The highest BCUT2D eigenvalue weighted by atomic mass is 16.3. The van der Waals surface area contributed by atoms with Gasteiger partial charge in [0.2, 0.25) is 11.8 Å². The third-order valence-corrected chi connectivity index (χ3v) is 6.37. The zero-order valence-electron chi connectivity index (χ0n) is 19.9. The largest absolute Gasteiger partial charge is 0.396 e. The molecule has 0 saturated carbocycles. The van der Waals surface area contributed by atoms with Crippen molar-refractivity contribution < 1.29 is 19.5 Å². The van der Waals surface area contributed by atoms with Crippen molar-refractivity contribution in [1.82, 2.24) is 9.80 Å². The van der Waals surface area contributed by atoms with Gasteiger partial charge in [-0.25, -0.2) is 0 Å². The molecule has 0 aliphatic carbocycles. The molecule has 0 atom stereocenters. The van der Waals surface area contributed by atoms with Gasteiger partial charge in [0.15, 0.2) is 0 Å². The lowest BCUT2D eigenvalue weighted by Gasteiger charge is -2.24. The second-order valence-electron chi connectivity index (χ2n) is 8.89. The van der Waals surface area contributed by atoms with Crippen LogP contribution in [0.1, 0.15) is 39.9 Å². The predicted octanol–water partition coefficient (Wildman–Crippen LogP) is 3.08. The van der Waals surface area contributed by atoms with Crippen LogP contribution in [0, 0.1) is 0 Å². The smallest absolute Gasteiger partial charge is 0.254 e. The molecule has 2 aromatic carbocycles. The first kappa shape index (κ1) is 24.4. The second kappa shape index (κ2) is 11.1. The van der Waals surface area contributed by atoms with Crippen LogP contribution in [-0.4, -0.2) is 58.9 Å². The summed E-state index contributed by atoms with van der Waals surface area (Å²) in [6, 6.07) is 13.3. The Morgan fingerprint density at radius 3 is 2.37 bits per heavy atom. The summed E-state index contributed by atoms with van der Waals surface area (Å²) in [6.45, 7) is 5.66. The third-order valence-electron chi connectivity index (χ3n) is 6.37. The maximum Gasteiger partial charge on any atom is 0.254 e. The minimum Gasteiger partial charge on any atom is -0.396 e. The Bertz CT molecular complexity index is 1130. The fraction of sp³-hybridized carbons (Fsp3) is 0.321. The highest BCUT2D eigenvalue weighted by Gasteiger charge is 2.29. The number of carbonyl (C=O) groups excluding carboxylic acids is 3. The van der Waals surface area contributed by atoms with Gasteiger partial charge < -0.3 is 19.8 Å². The molecule has 7 heteroatoms. The molecule has 0 fully saturated rings. The van der Waals surface area contributed by atoms with Gasteiger partial charge in [0.25, 0.3) is 5.91 Å². The molecule has 1 N–H and O–H groups in total. The number of nitrogens with zero attached hydrogens (tertiary/aromatic N) is 3. The predicted molar refractivity (Wildman–Crippen MR) is 135 cm³/mol. The van der Waals surface area contributed by atoms with Crippen molar-refractivity contribution in [2.24, 2.45) is 0 Å². The molecule has 0 radical (unpaired) electrons. The van der Waals surface area contributed by atoms with E-state index >= 15 is 0 Å². The van der Waals surface area contributed by atoms with Crippen LogP contribution in [0.2, 0.25) is 0 Å². The molecule has 0 saturated heterocycles. The summed E-state index contributed by atoms with van der Waals surface area (Å²) in [5.74, 6) is -0.309. The number of aliphatic hydroxyl groups excluding tert-OH is 1. The second-order valence-corrected chi connectivity index (χ2v) is 8.89. The fourth-order valence-corrected chi connectivity index (χ4v) is 4.44. The Balaban J connectivity index is 1.60. The molecule has 2 aromatic rings. The summed E-state index contributed by atoms with van der Waals surface area (Å²) in [5, 5.41) is 9.23. The number of fused-ring (bicyclic) bond motifs is 1. The lowest BCUT2D eigenvalue weighted by molar-refractivity contribution is -0.134. The number of carbonyl (C=O) groups is 3. The number of benzene rings is 2. The Labute approximate surface area is 205 Å². The van der Waals surface area contributed by atoms with Gasteiger partial charge in [0.05, 0.1) is 6.54 Å². The average molecular weight is 474 g/mol. The van der Waals surface area contributed by atoms with E-state index in [0.29, 0.717) is 44.6 Å².